The van der Waals surface area contributed by atoms with E-state index in [1.807, 2.05) is 36.4 Å². The number of aromatic nitrogens is 1. The van der Waals surface area contributed by atoms with Gasteiger partial charge in [-0.15, -0.1) is 11.3 Å². The molecule has 0 atom stereocenters. The lowest BCUT2D eigenvalue weighted by Gasteiger charge is -2.07. The average Bonchev–Trinajstić information content (AvgIpc) is 2.89. The van der Waals surface area contributed by atoms with E-state index in [4.69, 9.17) is 22.5 Å². The van der Waals surface area contributed by atoms with E-state index < -0.39 is 0 Å². The molecule has 21 heavy (non-hydrogen) atoms. The summed E-state index contributed by atoms with van der Waals surface area (Å²) in [6.45, 7) is 0. The molecule has 0 aliphatic rings. The van der Waals surface area contributed by atoms with Crippen molar-refractivity contribution < 1.29 is 5.21 Å². The Balaban J connectivity index is 2.03. The van der Waals surface area contributed by atoms with Crippen LogP contribution in [0.15, 0.2) is 56.9 Å². The van der Waals surface area contributed by atoms with Crippen LogP contribution in [0.5, 0.6) is 0 Å². The summed E-state index contributed by atoms with van der Waals surface area (Å²) in [5.74, 6) is -0.00999. The van der Waals surface area contributed by atoms with Crippen molar-refractivity contribution in [2.45, 2.75) is 9.24 Å². The van der Waals surface area contributed by atoms with E-state index in [1.54, 1.807) is 17.4 Å². The fourth-order valence-electron chi connectivity index (χ4n) is 1.88. The molecule has 0 unspecified atom stereocenters. The third kappa shape index (κ3) is 2.83. The molecular weight excluding hydrogens is 326 g/mol. The summed E-state index contributed by atoms with van der Waals surface area (Å²) in [6.07, 6.45) is 0. The first kappa shape index (κ1) is 14.2. The smallest absolute Gasteiger partial charge is 0.172 e. The van der Waals surface area contributed by atoms with Gasteiger partial charge in [-0.1, -0.05) is 46.7 Å². The summed E-state index contributed by atoms with van der Waals surface area (Å²) in [6, 6.07) is 13.3. The van der Waals surface area contributed by atoms with Crippen molar-refractivity contribution in [3.05, 3.63) is 53.1 Å². The predicted molar refractivity (Wildman–Crippen MR) is 87.7 cm³/mol. The van der Waals surface area contributed by atoms with Gasteiger partial charge in [0, 0.05) is 4.90 Å². The monoisotopic (exact) mass is 335 g/mol. The van der Waals surface area contributed by atoms with Crippen LogP contribution in [-0.2, 0) is 0 Å². The van der Waals surface area contributed by atoms with Crippen molar-refractivity contribution in [3.8, 4) is 0 Å². The van der Waals surface area contributed by atoms with Crippen LogP contribution in [0.25, 0.3) is 10.2 Å². The number of nitrogens with zero attached hydrogens (tertiary/aromatic N) is 2. The molecule has 0 radical (unpaired) electrons. The van der Waals surface area contributed by atoms with Crippen molar-refractivity contribution in [1.29, 1.82) is 0 Å². The summed E-state index contributed by atoms with van der Waals surface area (Å²) >= 11 is 9.19. The summed E-state index contributed by atoms with van der Waals surface area (Å²) in [4.78, 5) is 5.36. The highest BCUT2D eigenvalue weighted by atomic mass is 35.5. The largest absolute Gasteiger partial charge is 0.409 e. The van der Waals surface area contributed by atoms with E-state index in [2.05, 4.69) is 10.1 Å². The number of amidine groups is 1. The molecule has 2 aromatic carbocycles. The Labute approximate surface area is 134 Å². The van der Waals surface area contributed by atoms with Crippen molar-refractivity contribution in [2.24, 2.45) is 10.9 Å². The first-order valence-electron chi connectivity index (χ1n) is 5.99. The third-order valence-corrected chi connectivity index (χ3v) is 5.28. The molecule has 0 saturated heterocycles. The van der Waals surface area contributed by atoms with Crippen LogP contribution in [0, 0.1) is 0 Å². The molecule has 4 nitrogen and oxygen atoms in total. The molecule has 0 aliphatic heterocycles. The maximum Gasteiger partial charge on any atom is 0.172 e. The van der Waals surface area contributed by atoms with Crippen LogP contribution in [0.2, 0.25) is 5.02 Å². The molecule has 1 heterocycles. The lowest BCUT2D eigenvalue weighted by Crippen LogP contribution is -2.14. The Bertz CT molecular complexity index is 799. The Morgan fingerprint density at radius 3 is 2.81 bits per heavy atom. The normalized spacial score (nSPS) is 12.0. The zero-order valence-electron chi connectivity index (χ0n) is 10.7. The van der Waals surface area contributed by atoms with Crippen LogP contribution < -0.4 is 5.73 Å². The molecule has 3 aromatic rings. The Morgan fingerprint density at radius 2 is 2.05 bits per heavy atom. The van der Waals surface area contributed by atoms with Gasteiger partial charge in [-0.3, -0.25) is 0 Å². The number of hydrogen-bond acceptors (Lipinski definition) is 5. The van der Waals surface area contributed by atoms with Gasteiger partial charge < -0.3 is 10.9 Å². The standard InChI is InChI=1S/C14H10ClN3OS2/c15-8-4-3-7-11(12(8)13(16)18-19)21-14-17-9-5-1-2-6-10(9)20-14/h1-7,19H,(H2,16,18). The molecule has 3 rings (SSSR count). The maximum atomic E-state index is 8.90. The molecule has 1 aromatic heterocycles. The number of thiazole rings is 1. The minimum Gasteiger partial charge on any atom is -0.409 e. The van der Waals surface area contributed by atoms with Crippen molar-refractivity contribution in [3.63, 3.8) is 0 Å². The van der Waals surface area contributed by atoms with E-state index in [0.29, 0.717) is 10.6 Å². The number of nitrogens with two attached hydrogens (primary N) is 1. The minimum atomic E-state index is -0.00999. The highest BCUT2D eigenvalue weighted by Gasteiger charge is 2.14. The van der Waals surface area contributed by atoms with E-state index in [-0.39, 0.29) is 5.84 Å². The summed E-state index contributed by atoms with van der Waals surface area (Å²) in [5, 5.41) is 12.4. The van der Waals surface area contributed by atoms with Gasteiger partial charge >= 0.3 is 0 Å². The zero-order chi connectivity index (χ0) is 14.8. The van der Waals surface area contributed by atoms with Crippen molar-refractivity contribution in [2.75, 3.05) is 0 Å². The van der Waals surface area contributed by atoms with E-state index in [0.717, 1.165) is 19.5 Å². The molecule has 3 N–H and O–H groups in total. The van der Waals surface area contributed by atoms with Gasteiger partial charge in [-0.05, 0) is 24.3 Å². The highest BCUT2D eigenvalue weighted by molar-refractivity contribution is 8.01. The third-order valence-electron chi connectivity index (χ3n) is 2.81. The summed E-state index contributed by atoms with van der Waals surface area (Å²) < 4.78 is 2.00. The minimum absolute atomic E-state index is 0.00999. The second kappa shape index (κ2) is 5.93. The maximum absolute atomic E-state index is 8.90. The van der Waals surface area contributed by atoms with Gasteiger partial charge in [-0.2, -0.15) is 0 Å². The van der Waals surface area contributed by atoms with E-state index in [1.165, 1.54) is 11.8 Å². The summed E-state index contributed by atoms with van der Waals surface area (Å²) in [7, 11) is 0. The summed E-state index contributed by atoms with van der Waals surface area (Å²) in [5.41, 5.74) is 7.19. The van der Waals surface area contributed by atoms with E-state index in [9.17, 15) is 0 Å². The van der Waals surface area contributed by atoms with Crippen LogP contribution in [0.3, 0.4) is 0 Å². The van der Waals surface area contributed by atoms with Gasteiger partial charge in [0.1, 0.15) is 0 Å². The van der Waals surface area contributed by atoms with Gasteiger partial charge in [0.05, 0.1) is 20.8 Å². The second-order valence-corrected chi connectivity index (χ2v) is 6.87. The number of halogens is 1. The van der Waals surface area contributed by atoms with Gasteiger partial charge in [0.25, 0.3) is 0 Å². The van der Waals surface area contributed by atoms with Gasteiger partial charge in [0.2, 0.25) is 0 Å². The topological polar surface area (TPSA) is 71.5 Å². The van der Waals surface area contributed by atoms with Crippen molar-refractivity contribution >= 4 is 50.8 Å². The Morgan fingerprint density at radius 1 is 1.24 bits per heavy atom. The molecule has 106 valence electrons. The van der Waals surface area contributed by atoms with Gasteiger partial charge in [0.15, 0.2) is 10.2 Å². The predicted octanol–water partition coefficient (Wildman–Crippen LogP) is 4.20. The van der Waals surface area contributed by atoms with Gasteiger partial charge in [-0.25, -0.2) is 4.98 Å². The van der Waals surface area contributed by atoms with Crippen molar-refractivity contribution in [1.82, 2.24) is 4.98 Å². The molecule has 7 heteroatoms. The second-order valence-electron chi connectivity index (χ2n) is 4.15. The molecule has 0 aliphatic carbocycles. The van der Waals surface area contributed by atoms with Crippen LogP contribution in [-0.4, -0.2) is 16.0 Å². The lowest BCUT2D eigenvalue weighted by molar-refractivity contribution is 0.318. The number of oxime groups is 1. The average molecular weight is 336 g/mol. The number of hydrogen-bond donors (Lipinski definition) is 2. The molecule has 0 amide bonds. The number of benzene rings is 2. The quantitative estimate of drug-likeness (QED) is 0.326. The first-order chi connectivity index (χ1) is 10.2. The fourth-order valence-corrected chi connectivity index (χ4v) is 4.40. The first-order valence-corrected chi connectivity index (χ1v) is 8.00. The number of para-hydroxylation sites is 1. The SMILES string of the molecule is NC(=NO)c1c(Cl)cccc1Sc1nc2ccccc2s1. The fraction of sp³-hybridized carbons (Fsp3) is 0. The number of rotatable bonds is 3. The number of fused-ring (bicyclic) bond motifs is 1. The lowest BCUT2D eigenvalue weighted by atomic mass is 10.2. The Hall–Kier alpha value is -1.76. The Kier molecular flexibility index (Phi) is 4.01. The van der Waals surface area contributed by atoms with E-state index >= 15 is 0 Å². The molecule has 0 spiro atoms. The van der Waals surface area contributed by atoms with Crippen LogP contribution in [0.1, 0.15) is 5.56 Å². The molecule has 0 fully saturated rings. The molecule has 0 saturated carbocycles. The molecular formula is C14H10ClN3OS2. The zero-order valence-corrected chi connectivity index (χ0v) is 13.0. The van der Waals surface area contributed by atoms with Crippen LogP contribution in [0.4, 0.5) is 0 Å². The van der Waals surface area contributed by atoms with Crippen LogP contribution >= 0.6 is 34.7 Å². The highest BCUT2D eigenvalue weighted by Crippen LogP contribution is 2.37. The molecule has 0 bridgehead atoms.